The summed E-state index contributed by atoms with van der Waals surface area (Å²) in [6.45, 7) is 0.768. The van der Waals surface area contributed by atoms with Crippen LogP contribution in [-0.4, -0.2) is 46.3 Å². The lowest BCUT2D eigenvalue weighted by molar-refractivity contribution is -0.137. The number of aliphatic hydroxyl groups excluding tert-OH is 1. The molecule has 0 spiro atoms. The van der Waals surface area contributed by atoms with E-state index in [1.54, 1.807) is 24.3 Å². The summed E-state index contributed by atoms with van der Waals surface area (Å²) in [4.78, 5) is 25.0. The molecule has 7 nitrogen and oxygen atoms in total. The van der Waals surface area contributed by atoms with E-state index in [0.717, 1.165) is 12.1 Å². The van der Waals surface area contributed by atoms with Crippen LogP contribution in [0.1, 0.15) is 5.56 Å². The topological polar surface area (TPSA) is 81.6 Å². The van der Waals surface area contributed by atoms with E-state index < -0.39 is 29.9 Å². The van der Waals surface area contributed by atoms with Crippen molar-refractivity contribution in [2.45, 2.75) is 18.3 Å². The molecule has 32 heavy (non-hydrogen) atoms. The van der Waals surface area contributed by atoms with Gasteiger partial charge in [-0.25, -0.2) is 9.78 Å². The van der Waals surface area contributed by atoms with Crippen LogP contribution >= 0.6 is 0 Å². The molecule has 1 aromatic carbocycles. The molecule has 0 radical (unpaired) electrons. The zero-order valence-corrected chi connectivity index (χ0v) is 16.6. The third kappa shape index (κ3) is 3.52. The summed E-state index contributed by atoms with van der Waals surface area (Å²) in [6.07, 6.45) is -2.19. The highest BCUT2D eigenvalue weighted by molar-refractivity contribution is 6.04. The van der Waals surface area contributed by atoms with Gasteiger partial charge in [0, 0.05) is 36.7 Å². The number of aliphatic hydroxyl groups is 1. The molecule has 3 aromatic rings. The predicted molar refractivity (Wildman–Crippen MR) is 112 cm³/mol. The number of urea groups is 1. The number of pyridine rings is 2. The fourth-order valence-electron chi connectivity index (χ4n) is 4.12. The maximum atomic E-state index is 13.2. The summed E-state index contributed by atoms with van der Waals surface area (Å²) >= 11 is 0. The van der Waals surface area contributed by atoms with E-state index in [9.17, 15) is 23.1 Å². The first-order valence-electron chi connectivity index (χ1n) is 9.93. The second-order valence-electron chi connectivity index (χ2n) is 7.69. The molecule has 2 aliphatic rings. The highest BCUT2D eigenvalue weighted by atomic mass is 19.4. The second-order valence-corrected chi connectivity index (χ2v) is 7.69. The molecule has 1 saturated heterocycles. The highest BCUT2D eigenvalue weighted by Crippen LogP contribution is 2.41. The molecule has 10 heteroatoms. The number of carbonyl (C=O) groups is 1. The summed E-state index contributed by atoms with van der Waals surface area (Å²) in [6, 6.07) is 10.5. The van der Waals surface area contributed by atoms with Crippen molar-refractivity contribution < 1.29 is 23.1 Å². The number of hydrogen-bond donors (Lipinski definition) is 2. The van der Waals surface area contributed by atoms with E-state index in [1.807, 2.05) is 4.90 Å². The van der Waals surface area contributed by atoms with E-state index in [2.05, 4.69) is 15.3 Å². The van der Waals surface area contributed by atoms with Crippen LogP contribution in [0.25, 0.3) is 11.3 Å². The van der Waals surface area contributed by atoms with Gasteiger partial charge in [-0.05, 0) is 36.4 Å². The van der Waals surface area contributed by atoms with Crippen molar-refractivity contribution in [3.8, 4) is 11.3 Å². The van der Waals surface area contributed by atoms with Crippen molar-refractivity contribution in [2.24, 2.45) is 0 Å². The number of aromatic nitrogens is 2. The molecule has 2 N–H and O–H groups in total. The molecule has 2 bridgehead atoms. The first kappa shape index (κ1) is 20.3. The Morgan fingerprint density at radius 2 is 1.88 bits per heavy atom. The van der Waals surface area contributed by atoms with E-state index in [0.29, 0.717) is 36.0 Å². The number of anilines is 3. The van der Waals surface area contributed by atoms with Crippen LogP contribution in [0.3, 0.4) is 0 Å². The molecule has 2 unspecified atom stereocenters. The number of nitrogens with zero attached hydrogens (tertiary/aromatic N) is 4. The van der Waals surface area contributed by atoms with Gasteiger partial charge in [-0.3, -0.25) is 9.88 Å². The maximum absolute atomic E-state index is 13.2. The fourth-order valence-corrected chi connectivity index (χ4v) is 4.12. The van der Waals surface area contributed by atoms with Crippen LogP contribution in [0.5, 0.6) is 0 Å². The second kappa shape index (κ2) is 7.49. The number of fused-ring (bicyclic) bond motifs is 4. The number of carbonyl (C=O) groups excluding carboxylic acids is 1. The van der Waals surface area contributed by atoms with Crippen molar-refractivity contribution >= 4 is 23.2 Å². The van der Waals surface area contributed by atoms with Crippen LogP contribution in [0.2, 0.25) is 0 Å². The number of halogens is 3. The monoisotopic (exact) mass is 441 g/mol. The summed E-state index contributed by atoms with van der Waals surface area (Å²) in [5.74, 6) is 0.291. The minimum atomic E-state index is -4.48. The summed E-state index contributed by atoms with van der Waals surface area (Å²) < 4.78 is 39.5. The number of alkyl halides is 3. The lowest BCUT2D eigenvalue weighted by atomic mass is 10.1. The molecule has 2 aliphatic heterocycles. The Bertz CT molecular complexity index is 1170. The van der Waals surface area contributed by atoms with Crippen LogP contribution in [0.4, 0.5) is 35.2 Å². The molecule has 1 fully saturated rings. The van der Waals surface area contributed by atoms with Gasteiger partial charge in [-0.2, -0.15) is 13.2 Å². The summed E-state index contributed by atoms with van der Waals surface area (Å²) in [5, 5.41) is 13.3. The lowest BCUT2D eigenvalue weighted by Crippen LogP contribution is -2.51. The average molecular weight is 441 g/mol. The number of hydrogen-bond acceptors (Lipinski definition) is 5. The molecule has 164 valence electrons. The standard InChI is InChI=1S/C22H18F3N5O2/c23-22(24,25)14-3-1-2-13(10-14)16-4-5-17-20(28-16)30(18-11-29(17)12-19(18)31)21(32)27-15-6-8-26-9-7-15/h1-10,18-19,31H,11-12H2,(H,26,27,32). The Balaban J connectivity index is 1.56. The van der Waals surface area contributed by atoms with Crippen LogP contribution < -0.4 is 15.1 Å². The van der Waals surface area contributed by atoms with Crippen molar-refractivity contribution in [3.05, 3.63) is 66.5 Å². The van der Waals surface area contributed by atoms with Crippen molar-refractivity contribution in [1.29, 1.82) is 0 Å². The van der Waals surface area contributed by atoms with Crippen LogP contribution in [-0.2, 0) is 6.18 Å². The molecule has 0 aliphatic carbocycles. The van der Waals surface area contributed by atoms with Gasteiger partial charge in [0.1, 0.15) is 0 Å². The molecule has 4 heterocycles. The van der Waals surface area contributed by atoms with Crippen molar-refractivity contribution in [1.82, 2.24) is 9.97 Å². The number of amides is 2. The predicted octanol–water partition coefficient (Wildman–Crippen LogP) is 3.76. The fraction of sp³-hybridized carbons (Fsp3) is 0.227. The number of rotatable bonds is 2. The summed E-state index contributed by atoms with van der Waals surface area (Å²) in [7, 11) is 0. The van der Waals surface area contributed by atoms with Gasteiger partial charge >= 0.3 is 12.2 Å². The number of nitrogens with one attached hydrogen (secondary N) is 1. The van der Waals surface area contributed by atoms with Gasteiger partial charge in [-0.1, -0.05) is 12.1 Å². The van der Waals surface area contributed by atoms with Gasteiger partial charge in [-0.15, -0.1) is 0 Å². The Kier molecular flexibility index (Phi) is 4.74. The van der Waals surface area contributed by atoms with Gasteiger partial charge in [0.25, 0.3) is 0 Å². The largest absolute Gasteiger partial charge is 0.416 e. The molecule has 0 saturated carbocycles. The van der Waals surface area contributed by atoms with Gasteiger partial charge in [0.2, 0.25) is 0 Å². The SMILES string of the molecule is O=C(Nc1ccncc1)N1c2nc(-c3cccc(C(F)(F)F)c3)ccc2N2CC(O)C1C2. The average Bonchev–Trinajstić information content (AvgIpc) is 3.10. The molecule has 2 atom stereocenters. The Morgan fingerprint density at radius 1 is 1.09 bits per heavy atom. The summed E-state index contributed by atoms with van der Waals surface area (Å²) in [5.41, 5.74) is 0.967. The van der Waals surface area contributed by atoms with Crippen LogP contribution in [0.15, 0.2) is 60.9 Å². The van der Waals surface area contributed by atoms with Crippen molar-refractivity contribution in [3.63, 3.8) is 0 Å². The lowest BCUT2D eigenvalue weighted by Gasteiger charge is -2.36. The quantitative estimate of drug-likeness (QED) is 0.633. The van der Waals surface area contributed by atoms with Gasteiger partial charge in [0.15, 0.2) is 5.82 Å². The first-order valence-corrected chi connectivity index (χ1v) is 9.93. The maximum Gasteiger partial charge on any atom is 0.416 e. The molecule has 2 amide bonds. The molecule has 5 rings (SSSR count). The van der Waals surface area contributed by atoms with E-state index in [1.165, 1.54) is 29.4 Å². The van der Waals surface area contributed by atoms with Gasteiger partial charge < -0.3 is 15.3 Å². The van der Waals surface area contributed by atoms with Gasteiger partial charge in [0.05, 0.1) is 29.1 Å². The Labute approximate surface area is 181 Å². The minimum Gasteiger partial charge on any atom is -0.389 e. The third-order valence-corrected chi connectivity index (χ3v) is 5.65. The Hall–Kier alpha value is -3.66. The first-order chi connectivity index (χ1) is 15.3. The van der Waals surface area contributed by atoms with E-state index in [4.69, 9.17) is 0 Å². The smallest absolute Gasteiger partial charge is 0.389 e. The number of benzene rings is 1. The van der Waals surface area contributed by atoms with E-state index in [-0.39, 0.29) is 5.56 Å². The minimum absolute atomic E-state index is 0.283. The zero-order chi connectivity index (χ0) is 22.5. The Morgan fingerprint density at radius 3 is 2.62 bits per heavy atom. The van der Waals surface area contributed by atoms with Crippen LogP contribution in [0, 0.1) is 0 Å². The molecular formula is C22H18F3N5O2. The normalized spacial score (nSPS) is 19.6. The zero-order valence-electron chi connectivity index (χ0n) is 16.6. The molecular weight excluding hydrogens is 423 g/mol. The molecule has 2 aromatic heterocycles. The van der Waals surface area contributed by atoms with Crippen molar-refractivity contribution in [2.75, 3.05) is 28.2 Å². The third-order valence-electron chi connectivity index (χ3n) is 5.65. The highest BCUT2D eigenvalue weighted by Gasteiger charge is 2.45. The van der Waals surface area contributed by atoms with E-state index >= 15 is 0 Å².